The van der Waals surface area contributed by atoms with Gasteiger partial charge < -0.3 is 4.74 Å². The molecule has 0 aromatic rings. The van der Waals surface area contributed by atoms with Gasteiger partial charge in [0.2, 0.25) is 0 Å². The highest BCUT2D eigenvalue weighted by molar-refractivity contribution is 5.82. The molecule has 0 aliphatic rings. The lowest BCUT2D eigenvalue weighted by molar-refractivity contribution is -0.137. The zero-order valence-corrected chi connectivity index (χ0v) is 13.4. The van der Waals surface area contributed by atoms with Gasteiger partial charge in [0.1, 0.15) is 0 Å². The maximum Gasteiger partial charge on any atom is 0.330 e. The third-order valence-electron chi connectivity index (χ3n) is 2.92. The minimum Gasteiger partial charge on any atom is -0.463 e. The predicted molar refractivity (Wildman–Crippen MR) is 82.1 cm³/mol. The van der Waals surface area contributed by atoms with Crippen molar-refractivity contribution in [2.75, 3.05) is 6.61 Å². The van der Waals surface area contributed by atoms with Crippen molar-refractivity contribution in [3.63, 3.8) is 0 Å². The number of esters is 1. The molecule has 0 rings (SSSR count). The number of carbonyl (C=O) groups is 1. The maximum absolute atomic E-state index is 13.9. The molecule has 0 fully saturated rings. The molecule has 0 saturated heterocycles. The number of carbonyl (C=O) groups excluding carboxylic acids is 1. The third kappa shape index (κ3) is 9.54. The van der Waals surface area contributed by atoms with Gasteiger partial charge in [0, 0.05) is 12.5 Å². The van der Waals surface area contributed by atoms with Crippen LogP contribution in [-0.2, 0) is 9.53 Å². The highest BCUT2D eigenvalue weighted by Gasteiger charge is 2.04. The van der Waals surface area contributed by atoms with Crippen LogP contribution >= 0.6 is 0 Å². The van der Waals surface area contributed by atoms with E-state index in [0.717, 1.165) is 24.0 Å². The van der Waals surface area contributed by atoms with E-state index in [9.17, 15) is 9.18 Å². The fraction of sp³-hybridized carbons (Fsp3) is 0.588. The first kappa shape index (κ1) is 18.6. The summed E-state index contributed by atoms with van der Waals surface area (Å²) in [5.74, 6) is -0.418. The van der Waals surface area contributed by atoms with Gasteiger partial charge >= 0.3 is 5.97 Å². The van der Waals surface area contributed by atoms with Crippen molar-refractivity contribution < 1.29 is 13.9 Å². The Kier molecular flexibility index (Phi) is 9.69. The molecule has 0 aromatic heterocycles. The molecule has 114 valence electrons. The van der Waals surface area contributed by atoms with Crippen LogP contribution in [0, 0.1) is 0 Å². The minimum absolute atomic E-state index is 0.0660. The van der Waals surface area contributed by atoms with E-state index in [1.54, 1.807) is 6.92 Å². The molecule has 0 bridgehead atoms. The summed E-state index contributed by atoms with van der Waals surface area (Å²) in [5, 5.41) is 0. The van der Waals surface area contributed by atoms with Crippen LogP contribution in [0.3, 0.4) is 0 Å². The molecular formula is C17H27FO2. The number of ether oxygens (including phenoxy) is 1. The van der Waals surface area contributed by atoms with Gasteiger partial charge in [-0.05, 0) is 59.5 Å². The monoisotopic (exact) mass is 282 g/mol. The number of hydrogen-bond acceptors (Lipinski definition) is 2. The van der Waals surface area contributed by atoms with Crippen LogP contribution < -0.4 is 0 Å². The Morgan fingerprint density at radius 2 is 1.75 bits per heavy atom. The van der Waals surface area contributed by atoms with Crippen molar-refractivity contribution in [3.05, 3.63) is 34.7 Å². The first-order valence-electron chi connectivity index (χ1n) is 7.18. The van der Waals surface area contributed by atoms with E-state index in [1.165, 1.54) is 11.6 Å². The summed E-state index contributed by atoms with van der Waals surface area (Å²) < 4.78 is 18.7. The lowest BCUT2D eigenvalue weighted by Gasteiger charge is -2.05. The SMILES string of the molecule is CCOC(=O)/C=C(\C)CC/C(F)=C(\C)CCC=C(C)C. The third-order valence-corrected chi connectivity index (χ3v) is 2.92. The van der Waals surface area contributed by atoms with Gasteiger partial charge in [0.15, 0.2) is 0 Å². The Bertz CT molecular complexity index is 399. The zero-order valence-electron chi connectivity index (χ0n) is 13.4. The molecule has 0 N–H and O–H groups in total. The van der Waals surface area contributed by atoms with Gasteiger partial charge in [-0.15, -0.1) is 0 Å². The van der Waals surface area contributed by atoms with Gasteiger partial charge in [0.25, 0.3) is 0 Å². The highest BCUT2D eigenvalue weighted by atomic mass is 19.1. The number of allylic oxidation sites excluding steroid dienone is 5. The fourth-order valence-corrected chi connectivity index (χ4v) is 1.69. The molecule has 0 aliphatic carbocycles. The van der Waals surface area contributed by atoms with Crippen LogP contribution in [0.15, 0.2) is 34.7 Å². The predicted octanol–water partition coefficient (Wildman–Crippen LogP) is 5.27. The number of hydrogen-bond donors (Lipinski definition) is 0. The Labute approximate surface area is 122 Å². The molecule has 0 saturated carbocycles. The lowest BCUT2D eigenvalue weighted by atomic mass is 10.1. The lowest BCUT2D eigenvalue weighted by Crippen LogP contribution is -2.00. The van der Waals surface area contributed by atoms with Gasteiger partial charge in [-0.1, -0.05) is 17.2 Å². The minimum atomic E-state index is -0.352. The average Bonchev–Trinajstić information content (AvgIpc) is 2.35. The van der Waals surface area contributed by atoms with Crippen LogP contribution in [0.1, 0.15) is 60.3 Å². The molecule has 0 unspecified atom stereocenters. The molecule has 0 amide bonds. The van der Waals surface area contributed by atoms with Crippen LogP contribution in [0.25, 0.3) is 0 Å². The first-order chi connectivity index (χ1) is 9.36. The van der Waals surface area contributed by atoms with Crippen molar-refractivity contribution in [1.82, 2.24) is 0 Å². The first-order valence-corrected chi connectivity index (χ1v) is 7.18. The molecule has 0 atom stereocenters. The molecule has 0 radical (unpaired) electrons. The van der Waals surface area contributed by atoms with Crippen molar-refractivity contribution in [1.29, 1.82) is 0 Å². The summed E-state index contributed by atoms with van der Waals surface area (Å²) in [7, 11) is 0. The van der Waals surface area contributed by atoms with E-state index >= 15 is 0 Å². The number of rotatable bonds is 8. The molecule has 0 spiro atoms. The van der Waals surface area contributed by atoms with Crippen LogP contribution in [0.5, 0.6) is 0 Å². The Morgan fingerprint density at radius 1 is 1.10 bits per heavy atom. The Hall–Kier alpha value is -1.38. The van der Waals surface area contributed by atoms with E-state index in [-0.39, 0.29) is 11.8 Å². The second kappa shape index (κ2) is 10.4. The van der Waals surface area contributed by atoms with Crippen LogP contribution in [0.2, 0.25) is 0 Å². The largest absolute Gasteiger partial charge is 0.463 e. The van der Waals surface area contributed by atoms with Crippen molar-refractivity contribution >= 4 is 5.97 Å². The molecule has 3 heteroatoms. The quantitative estimate of drug-likeness (QED) is 0.344. The van der Waals surface area contributed by atoms with Crippen molar-refractivity contribution in [2.45, 2.75) is 60.3 Å². The second-order valence-corrected chi connectivity index (χ2v) is 5.25. The van der Waals surface area contributed by atoms with E-state index in [0.29, 0.717) is 19.4 Å². The molecular weight excluding hydrogens is 255 g/mol. The summed E-state index contributed by atoms with van der Waals surface area (Å²) in [6, 6.07) is 0. The molecule has 0 aromatic carbocycles. The molecule has 0 heterocycles. The number of halogens is 1. The summed E-state index contributed by atoms with van der Waals surface area (Å²) in [5.41, 5.74) is 2.90. The summed E-state index contributed by atoms with van der Waals surface area (Å²) >= 11 is 0. The normalized spacial score (nSPS) is 12.8. The van der Waals surface area contributed by atoms with Gasteiger partial charge in [-0.25, -0.2) is 9.18 Å². The zero-order chi connectivity index (χ0) is 15.5. The molecule has 0 aliphatic heterocycles. The van der Waals surface area contributed by atoms with Gasteiger partial charge in [0.05, 0.1) is 12.4 Å². The highest BCUT2D eigenvalue weighted by Crippen LogP contribution is 2.19. The molecule has 20 heavy (non-hydrogen) atoms. The topological polar surface area (TPSA) is 26.3 Å². The van der Waals surface area contributed by atoms with E-state index in [4.69, 9.17) is 4.74 Å². The smallest absolute Gasteiger partial charge is 0.330 e. The van der Waals surface area contributed by atoms with Gasteiger partial charge in [-0.2, -0.15) is 0 Å². The second-order valence-electron chi connectivity index (χ2n) is 5.25. The van der Waals surface area contributed by atoms with Gasteiger partial charge in [-0.3, -0.25) is 0 Å². The van der Waals surface area contributed by atoms with E-state index in [1.807, 2.05) is 27.7 Å². The van der Waals surface area contributed by atoms with Crippen LogP contribution in [0.4, 0.5) is 4.39 Å². The van der Waals surface area contributed by atoms with Crippen LogP contribution in [-0.4, -0.2) is 12.6 Å². The summed E-state index contributed by atoms with van der Waals surface area (Å²) in [4.78, 5) is 11.2. The fourth-order valence-electron chi connectivity index (χ4n) is 1.69. The summed E-state index contributed by atoms with van der Waals surface area (Å²) in [6.07, 6.45) is 6.07. The maximum atomic E-state index is 13.9. The van der Waals surface area contributed by atoms with E-state index < -0.39 is 0 Å². The molecule has 2 nitrogen and oxygen atoms in total. The summed E-state index contributed by atoms with van der Waals surface area (Å²) in [6.45, 7) is 9.86. The Morgan fingerprint density at radius 3 is 2.30 bits per heavy atom. The average molecular weight is 282 g/mol. The van der Waals surface area contributed by atoms with E-state index in [2.05, 4.69) is 6.08 Å². The van der Waals surface area contributed by atoms with Crippen molar-refractivity contribution in [3.8, 4) is 0 Å². The Balaban J connectivity index is 4.28. The standard InChI is InChI=1S/C17H27FO2/c1-6-20-17(19)12-14(4)10-11-16(18)15(5)9-7-8-13(2)3/h8,12H,6-7,9-11H2,1-5H3/b14-12+,16-15-. The van der Waals surface area contributed by atoms with Crippen molar-refractivity contribution in [2.24, 2.45) is 0 Å².